The molecule has 2 aliphatic rings. The number of nitrogens with zero attached hydrogens (tertiary/aromatic N) is 1. The van der Waals surface area contributed by atoms with Gasteiger partial charge in [-0.05, 0) is 49.4 Å². The van der Waals surface area contributed by atoms with Gasteiger partial charge in [-0.15, -0.1) is 0 Å². The van der Waals surface area contributed by atoms with Crippen LogP contribution >= 0.6 is 0 Å². The monoisotopic (exact) mass is 414 g/mol. The average Bonchev–Trinajstić information content (AvgIpc) is 3.10. The zero-order valence-electron chi connectivity index (χ0n) is 17.8. The number of nitrogens with one attached hydrogen (secondary N) is 1. The number of anilines is 1. The number of benzene rings is 1. The van der Waals surface area contributed by atoms with Gasteiger partial charge in [-0.25, -0.2) is 0 Å². The van der Waals surface area contributed by atoms with Crippen LogP contribution in [-0.4, -0.2) is 47.7 Å². The Morgan fingerprint density at radius 2 is 1.83 bits per heavy atom. The summed E-state index contributed by atoms with van der Waals surface area (Å²) >= 11 is 0. The minimum atomic E-state index is -0.524. The summed E-state index contributed by atoms with van der Waals surface area (Å²) in [5, 5.41) is 2.63. The smallest absolute Gasteiger partial charge is 0.311 e. The van der Waals surface area contributed by atoms with Crippen LogP contribution in [0.2, 0.25) is 0 Å². The molecule has 1 heterocycles. The zero-order chi connectivity index (χ0) is 21.8. The summed E-state index contributed by atoms with van der Waals surface area (Å²) in [7, 11) is 0. The second kappa shape index (κ2) is 9.41. The lowest BCUT2D eigenvalue weighted by Crippen LogP contribution is -2.45. The van der Waals surface area contributed by atoms with Gasteiger partial charge in [-0.2, -0.15) is 0 Å². The van der Waals surface area contributed by atoms with E-state index in [2.05, 4.69) is 19.2 Å². The molecule has 0 aromatic heterocycles. The Kier molecular flexibility index (Phi) is 6.90. The number of likely N-dealkylation sites (tertiary alicyclic amines) is 1. The van der Waals surface area contributed by atoms with Crippen molar-refractivity contribution in [2.75, 3.05) is 18.5 Å². The van der Waals surface area contributed by atoms with Crippen LogP contribution in [0.5, 0.6) is 0 Å². The van der Waals surface area contributed by atoms with Gasteiger partial charge < -0.3 is 15.0 Å². The van der Waals surface area contributed by atoms with Crippen LogP contribution < -0.4 is 5.32 Å². The number of hydrogen-bond donors (Lipinski definition) is 1. The van der Waals surface area contributed by atoms with E-state index in [1.807, 2.05) is 4.90 Å². The van der Waals surface area contributed by atoms with Gasteiger partial charge in [-0.1, -0.05) is 26.7 Å². The second-order valence-corrected chi connectivity index (χ2v) is 8.57. The Labute approximate surface area is 177 Å². The fourth-order valence-electron chi connectivity index (χ4n) is 4.44. The number of ether oxygens (including phenoxy) is 1. The maximum absolute atomic E-state index is 12.5. The van der Waals surface area contributed by atoms with Gasteiger partial charge in [-0.3, -0.25) is 19.2 Å². The van der Waals surface area contributed by atoms with Crippen LogP contribution in [0, 0.1) is 17.8 Å². The van der Waals surface area contributed by atoms with Crippen molar-refractivity contribution >= 4 is 29.3 Å². The quantitative estimate of drug-likeness (QED) is 0.570. The van der Waals surface area contributed by atoms with Crippen LogP contribution in [0.3, 0.4) is 0 Å². The van der Waals surface area contributed by atoms with Crippen molar-refractivity contribution in [1.29, 1.82) is 0 Å². The molecule has 7 heteroatoms. The van der Waals surface area contributed by atoms with Gasteiger partial charge in [0, 0.05) is 30.3 Å². The topological polar surface area (TPSA) is 92.8 Å². The SMILES string of the molecule is CC(=O)c1ccc(NC(=O)COC(=O)[C@@H]2CC(=O)N([C@@H]3CCC[C@H](C)[C@H]3C)C2)cc1. The number of hydrogen-bond acceptors (Lipinski definition) is 5. The zero-order valence-corrected chi connectivity index (χ0v) is 17.8. The van der Waals surface area contributed by atoms with Crippen LogP contribution in [-0.2, 0) is 19.1 Å². The van der Waals surface area contributed by atoms with Crippen molar-refractivity contribution in [3.05, 3.63) is 29.8 Å². The minimum absolute atomic E-state index is 0.00193. The highest BCUT2D eigenvalue weighted by atomic mass is 16.5. The third-order valence-electron chi connectivity index (χ3n) is 6.48. The molecular formula is C23H30N2O5. The van der Waals surface area contributed by atoms with Crippen molar-refractivity contribution in [1.82, 2.24) is 4.90 Å². The van der Waals surface area contributed by atoms with Gasteiger partial charge in [0.05, 0.1) is 5.92 Å². The van der Waals surface area contributed by atoms with Crippen LogP contribution in [0.25, 0.3) is 0 Å². The van der Waals surface area contributed by atoms with Crippen molar-refractivity contribution in [2.24, 2.45) is 17.8 Å². The molecule has 1 aromatic carbocycles. The molecule has 0 radical (unpaired) electrons. The summed E-state index contributed by atoms with van der Waals surface area (Å²) < 4.78 is 5.17. The lowest BCUT2D eigenvalue weighted by Gasteiger charge is -2.39. The normalized spacial score (nSPS) is 26.4. The molecule has 2 amide bonds. The van der Waals surface area contributed by atoms with Crippen LogP contribution in [0.15, 0.2) is 24.3 Å². The van der Waals surface area contributed by atoms with E-state index in [0.29, 0.717) is 29.6 Å². The standard InChI is InChI=1S/C23H30N2O5/c1-14-5-4-6-20(15(14)2)25-12-18(11-22(25)28)23(29)30-13-21(27)24-19-9-7-17(8-10-19)16(3)26/h7-10,14-15,18,20H,4-6,11-13H2,1-3H3,(H,24,27)/t14-,15+,18+,20+/m0/s1. The van der Waals surface area contributed by atoms with E-state index in [0.717, 1.165) is 12.8 Å². The van der Waals surface area contributed by atoms with Gasteiger partial charge >= 0.3 is 5.97 Å². The second-order valence-electron chi connectivity index (χ2n) is 8.57. The molecule has 2 fully saturated rings. The Morgan fingerprint density at radius 3 is 2.50 bits per heavy atom. The van der Waals surface area contributed by atoms with E-state index in [1.165, 1.54) is 13.3 Å². The van der Waals surface area contributed by atoms with Crippen molar-refractivity contribution in [2.45, 2.75) is 52.5 Å². The Hall–Kier alpha value is -2.70. The number of amides is 2. The molecule has 7 nitrogen and oxygen atoms in total. The van der Waals surface area contributed by atoms with Gasteiger partial charge in [0.2, 0.25) is 5.91 Å². The fourth-order valence-corrected chi connectivity index (χ4v) is 4.44. The van der Waals surface area contributed by atoms with E-state index in [1.54, 1.807) is 24.3 Å². The first-order valence-corrected chi connectivity index (χ1v) is 10.6. The van der Waals surface area contributed by atoms with Gasteiger partial charge in [0.1, 0.15) is 0 Å². The number of Topliss-reactive ketones (excluding diaryl/α,β-unsaturated/α-hetero) is 1. The molecular weight excluding hydrogens is 384 g/mol. The number of rotatable bonds is 6. The molecule has 162 valence electrons. The largest absolute Gasteiger partial charge is 0.455 e. The predicted molar refractivity (Wildman–Crippen MR) is 112 cm³/mol. The maximum Gasteiger partial charge on any atom is 0.311 e. The molecule has 4 atom stereocenters. The summed E-state index contributed by atoms with van der Waals surface area (Å²) in [4.78, 5) is 50.1. The van der Waals surface area contributed by atoms with E-state index in [9.17, 15) is 19.2 Å². The first-order chi connectivity index (χ1) is 14.3. The van der Waals surface area contributed by atoms with E-state index >= 15 is 0 Å². The van der Waals surface area contributed by atoms with Crippen LogP contribution in [0.4, 0.5) is 5.69 Å². The number of ketones is 1. The van der Waals surface area contributed by atoms with E-state index < -0.39 is 24.4 Å². The molecule has 1 saturated carbocycles. The molecule has 0 spiro atoms. The van der Waals surface area contributed by atoms with Gasteiger partial charge in [0.25, 0.3) is 5.91 Å². The third-order valence-corrected chi connectivity index (χ3v) is 6.48. The van der Waals surface area contributed by atoms with Crippen molar-refractivity contribution in [3.63, 3.8) is 0 Å². The van der Waals surface area contributed by atoms with Crippen molar-refractivity contribution in [3.8, 4) is 0 Å². The molecule has 0 unspecified atom stereocenters. The first-order valence-electron chi connectivity index (χ1n) is 10.6. The Morgan fingerprint density at radius 1 is 1.13 bits per heavy atom. The molecule has 0 bridgehead atoms. The molecule has 1 aliphatic carbocycles. The van der Waals surface area contributed by atoms with E-state index in [4.69, 9.17) is 4.74 Å². The summed E-state index contributed by atoms with van der Waals surface area (Å²) in [6.07, 6.45) is 3.40. The number of carbonyl (C=O) groups is 4. The lowest BCUT2D eigenvalue weighted by atomic mass is 9.77. The maximum atomic E-state index is 12.5. The molecule has 1 N–H and O–H groups in total. The number of carbonyl (C=O) groups excluding carboxylic acids is 4. The highest BCUT2D eigenvalue weighted by Gasteiger charge is 2.42. The summed E-state index contributed by atoms with van der Waals surface area (Å²) in [5.41, 5.74) is 1.07. The highest BCUT2D eigenvalue weighted by Crippen LogP contribution is 2.35. The molecule has 1 saturated heterocycles. The highest BCUT2D eigenvalue weighted by molar-refractivity contribution is 5.96. The number of esters is 1. The molecule has 3 rings (SSSR count). The molecule has 30 heavy (non-hydrogen) atoms. The van der Waals surface area contributed by atoms with E-state index in [-0.39, 0.29) is 24.2 Å². The Bertz CT molecular complexity index is 819. The Balaban J connectivity index is 1.48. The average molecular weight is 415 g/mol. The fraction of sp³-hybridized carbons (Fsp3) is 0.565. The van der Waals surface area contributed by atoms with Crippen molar-refractivity contribution < 1.29 is 23.9 Å². The minimum Gasteiger partial charge on any atom is -0.455 e. The summed E-state index contributed by atoms with van der Waals surface area (Å²) in [6.45, 7) is 5.83. The summed E-state index contributed by atoms with van der Waals surface area (Å²) in [5.74, 6) is -0.575. The predicted octanol–water partition coefficient (Wildman–Crippen LogP) is 3.04. The van der Waals surface area contributed by atoms with Gasteiger partial charge in [0.15, 0.2) is 12.4 Å². The lowest BCUT2D eigenvalue weighted by molar-refractivity contribution is -0.151. The molecule has 1 aliphatic heterocycles. The first kappa shape index (κ1) is 22.0. The van der Waals surface area contributed by atoms with Crippen LogP contribution in [0.1, 0.15) is 56.8 Å². The third kappa shape index (κ3) is 5.07. The molecule has 1 aromatic rings. The summed E-state index contributed by atoms with van der Waals surface area (Å²) in [6, 6.07) is 6.67.